The predicted molar refractivity (Wildman–Crippen MR) is 76.5 cm³/mol. The van der Waals surface area contributed by atoms with Gasteiger partial charge in [0, 0.05) is 18.2 Å². The zero-order valence-electron chi connectivity index (χ0n) is 12.1. The fraction of sp³-hybridized carbons (Fsp3) is 0.533. The molecule has 2 unspecified atom stereocenters. The Morgan fingerprint density at radius 2 is 2.20 bits per heavy atom. The van der Waals surface area contributed by atoms with Crippen LogP contribution in [0.3, 0.4) is 0 Å². The normalized spacial score (nSPS) is 23.1. The van der Waals surface area contributed by atoms with E-state index in [0.29, 0.717) is 13.2 Å². The molecule has 108 valence electrons. The van der Waals surface area contributed by atoms with E-state index in [-0.39, 0.29) is 23.8 Å². The minimum absolute atomic E-state index is 0.206. The van der Waals surface area contributed by atoms with E-state index in [4.69, 9.17) is 4.74 Å². The van der Waals surface area contributed by atoms with Gasteiger partial charge in [0.15, 0.2) is 0 Å². The summed E-state index contributed by atoms with van der Waals surface area (Å²) in [6.45, 7) is 5.59. The Balaban J connectivity index is 2.16. The number of nitrogens with zero attached hydrogens (tertiary/aromatic N) is 2. The van der Waals surface area contributed by atoms with Crippen LogP contribution < -0.4 is 5.32 Å². The van der Waals surface area contributed by atoms with Crippen molar-refractivity contribution in [3.05, 3.63) is 29.8 Å². The van der Waals surface area contributed by atoms with Gasteiger partial charge in [-0.15, -0.1) is 0 Å². The van der Waals surface area contributed by atoms with Gasteiger partial charge in [-0.3, -0.25) is 0 Å². The molecule has 2 aromatic rings. The Bertz CT molecular complexity index is 623. The maximum atomic E-state index is 13.4. The van der Waals surface area contributed by atoms with E-state index in [1.807, 2.05) is 13.1 Å². The van der Waals surface area contributed by atoms with Gasteiger partial charge in [-0.05, 0) is 33.0 Å². The van der Waals surface area contributed by atoms with Gasteiger partial charge in [-0.25, -0.2) is 9.37 Å². The van der Waals surface area contributed by atoms with Crippen molar-refractivity contribution in [3.8, 4) is 0 Å². The fourth-order valence-corrected chi connectivity index (χ4v) is 2.99. The minimum atomic E-state index is -0.245. The molecule has 1 aliphatic heterocycles. The number of ether oxygens (including phenoxy) is 1. The van der Waals surface area contributed by atoms with Crippen LogP contribution in [0.2, 0.25) is 0 Å². The predicted octanol–water partition coefficient (Wildman–Crippen LogP) is 2.46. The molecule has 5 heteroatoms. The number of aromatic nitrogens is 2. The van der Waals surface area contributed by atoms with Crippen molar-refractivity contribution in [1.29, 1.82) is 0 Å². The van der Waals surface area contributed by atoms with Crippen LogP contribution in [0.15, 0.2) is 18.2 Å². The third kappa shape index (κ3) is 2.11. The lowest BCUT2D eigenvalue weighted by atomic mass is 10.0. The number of nitrogens with one attached hydrogen (secondary N) is 1. The second kappa shape index (κ2) is 5.14. The van der Waals surface area contributed by atoms with Crippen LogP contribution in [0.1, 0.15) is 31.6 Å². The zero-order valence-corrected chi connectivity index (χ0v) is 12.1. The Hall–Kier alpha value is -1.46. The number of hydrogen-bond donors (Lipinski definition) is 1. The summed E-state index contributed by atoms with van der Waals surface area (Å²) < 4.78 is 21.2. The average Bonchev–Trinajstić information content (AvgIpc) is 3.00. The van der Waals surface area contributed by atoms with Gasteiger partial charge in [-0.1, -0.05) is 0 Å². The number of likely N-dealkylation sites (N-methyl/N-ethyl adjacent to an activating group) is 1. The highest BCUT2D eigenvalue weighted by molar-refractivity contribution is 5.76. The van der Waals surface area contributed by atoms with Crippen LogP contribution in [0, 0.1) is 5.82 Å². The van der Waals surface area contributed by atoms with Crippen LogP contribution in [0.4, 0.5) is 4.39 Å². The number of halogens is 1. The first kappa shape index (κ1) is 13.5. The molecule has 2 heterocycles. The highest BCUT2D eigenvalue weighted by Gasteiger charge is 2.33. The molecule has 0 saturated carbocycles. The lowest BCUT2D eigenvalue weighted by Gasteiger charge is -2.20. The first-order valence-electron chi connectivity index (χ1n) is 7.04. The molecule has 0 amide bonds. The monoisotopic (exact) mass is 277 g/mol. The molecule has 1 aromatic heterocycles. The van der Waals surface area contributed by atoms with Gasteiger partial charge in [-0.2, -0.15) is 0 Å². The molecule has 1 aromatic carbocycles. The number of benzene rings is 1. The molecule has 1 N–H and O–H groups in total. The number of rotatable bonds is 3. The van der Waals surface area contributed by atoms with E-state index in [0.717, 1.165) is 16.9 Å². The third-order valence-corrected chi connectivity index (χ3v) is 3.98. The fourth-order valence-electron chi connectivity index (χ4n) is 2.99. The first-order valence-corrected chi connectivity index (χ1v) is 7.04. The van der Waals surface area contributed by atoms with Crippen LogP contribution >= 0.6 is 0 Å². The molecule has 0 radical (unpaired) electrons. The summed E-state index contributed by atoms with van der Waals surface area (Å²) in [4.78, 5) is 4.68. The summed E-state index contributed by atoms with van der Waals surface area (Å²) in [5.41, 5.74) is 1.70. The van der Waals surface area contributed by atoms with E-state index in [1.165, 1.54) is 12.1 Å². The molecule has 20 heavy (non-hydrogen) atoms. The Kier molecular flexibility index (Phi) is 3.48. The highest BCUT2D eigenvalue weighted by Crippen LogP contribution is 2.31. The number of hydrogen-bond acceptors (Lipinski definition) is 3. The molecule has 0 bridgehead atoms. The van der Waals surface area contributed by atoms with Gasteiger partial charge < -0.3 is 14.6 Å². The van der Waals surface area contributed by atoms with Crippen molar-refractivity contribution in [2.24, 2.45) is 0 Å². The number of fused-ring (bicyclic) bond motifs is 1. The topological polar surface area (TPSA) is 39.1 Å². The van der Waals surface area contributed by atoms with Crippen molar-refractivity contribution in [2.45, 2.75) is 31.8 Å². The van der Waals surface area contributed by atoms with Gasteiger partial charge in [0.05, 0.1) is 30.2 Å². The molecule has 3 rings (SSSR count). The second-order valence-electron chi connectivity index (χ2n) is 5.61. The maximum absolute atomic E-state index is 13.4. The molecule has 2 atom stereocenters. The van der Waals surface area contributed by atoms with E-state index >= 15 is 0 Å². The van der Waals surface area contributed by atoms with Crippen LogP contribution in [0.25, 0.3) is 11.0 Å². The van der Waals surface area contributed by atoms with Crippen molar-refractivity contribution in [2.75, 3.05) is 20.3 Å². The molecule has 4 nitrogen and oxygen atoms in total. The summed E-state index contributed by atoms with van der Waals surface area (Å²) in [7, 11) is 1.94. The molecule has 1 saturated heterocycles. The van der Waals surface area contributed by atoms with Crippen LogP contribution in [0.5, 0.6) is 0 Å². The first-order chi connectivity index (χ1) is 9.61. The molecular formula is C15H20FN3O. The summed E-state index contributed by atoms with van der Waals surface area (Å²) in [5.74, 6) is 0.945. The summed E-state index contributed by atoms with van der Waals surface area (Å²) >= 11 is 0. The SMILES string of the molecule is CNC1COCC1c1nc2cc(F)ccc2n1C(C)C. The van der Waals surface area contributed by atoms with E-state index in [2.05, 4.69) is 28.7 Å². The van der Waals surface area contributed by atoms with Gasteiger partial charge in [0.25, 0.3) is 0 Å². The molecule has 1 aliphatic rings. The Morgan fingerprint density at radius 3 is 2.90 bits per heavy atom. The van der Waals surface area contributed by atoms with Crippen molar-refractivity contribution in [1.82, 2.24) is 14.9 Å². The van der Waals surface area contributed by atoms with E-state index < -0.39 is 0 Å². The number of imidazole rings is 1. The van der Waals surface area contributed by atoms with Gasteiger partial charge in [0.1, 0.15) is 11.6 Å². The zero-order chi connectivity index (χ0) is 14.3. The van der Waals surface area contributed by atoms with E-state index in [1.54, 1.807) is 0 Å². The quantitative estimate of drug-likeness (QED) is 0.936. The standard InChI is InChI=1S/C15H20FN3O/c1-9(2)19-14-5-4-10(16)6-12(14)18-15(19)11-7-20-8-13(11)17-3/h4-6,9,11,13,17H,7-8H2,1-3H3. The third-order valence-electron chi connectivity index (χ3n) is 3.98. The average molecular weight is 277 g/mol. The Morgan fingerprint density at radius 1 is 1.40 bits per heavy atom. The molecule has 0 aliphatic carbocycles. The smallest absolute Gasteiger partial charge is 0.125 e. The largest absolute Gasteiger partial charge is 0.379 e. The summed E-state index contributed by atoms with van der Waals surface area (Å²) in [6, 6.07) is 5.34. The molecule has 1 fully saturated rings. The molecule has 0 spiro atoms. The lowest BCUT2D eigenvalue weighted by molar-refractivity contribution is 0.187. The van der Waals surface area contributed by atoms with Crippen LogP contribution in [-0.2, 0) is 4.74 Å². The van der Waals surface area contributed by atoms with Crippen LogP contribution in [-0.4, -0.2) is 35.9 Å². The summed E-state index contributed by atoms with van der Waals surface area (Å²) in [6.07, 6.45) is 0. The highest BCUT2D eigenvalue weighted by atomic mass is 19.1. The van der Waals surface area contributed by atoms with E-state index in [9.17, 15) is 4.39 Å². The maximum Gasteiger partial charge on any atom is 0.125 e. The minimum Gasteiger partial charge on any atom is -0.379 e. The van der Waals surface area contributed by atoms with Gasteiger partial charge >= 0.3 is 0 Å². The van der Waals surface area contributed by atoms with Gasteiger partial charge in [0.2, 0.25) is 0 Å². The second-order valence-corrected chi connectivity index (χ2v) is 5.61. The summed E-state index contributed by atoms with van der Waals surface area (Å²) in [5, 5.41) is 3.28. The van der Waals surface area contributed by atoms with Crippen molar-refractivity contribution < 1.29 is 9.13 Å². The van der Waals surface area contributed by atoms with Crippen molar-refractivity contribution >= 4 is 11.0 Å². The Labute approximate surface area is 117 Å². The lowest BCUT2D eigenvalue weighted by Crippen LogP contribution is -2.32. The van der Waals surface area contributed by atoms with Crippen molar-refractivity contribution in [3.63, 3.8) is 0 Å². The molecular weight excluding hydrogens is 257 g/mol.